The third-order valence-electron chi connectivity index (χ3n) is 2.94. The maximum absolute atomic E-state index is 9.35. The van der Waals surface area contributed by atoms with Crippen molar-refractivity contribution in [3.8, 4) is 5.69 Å². The normalized spacial score (nSPS) is 11.2. The molecule has 0 aliphatic heterocycles. The van der Waals surface area contributed by atoms with Crippen LogP contribution in [0, 0.1) is 12.8 Å². The Morgan fingerprint density at radius 2 is 2.00 bits per heavy atom. The molecule has 0 aliphatic rings. The van der Waals surface area contributed by atoms with Crippen LogP contribution < -0.4 is 0 Å². The molecule has 0 fully saturated rings. The van der Waals surface area contributed by atoms with Gasteiger partial charge in [0.25, 0.3) is 0 Å². The van der Waals surface area contributed by atoms with E-state index in [9.17, 15) is 5.11 Å². The Hall–Kier alpha value is -1.68. The fourth-order valence-corrected chi connectivity index (χ4v) is 2.04. The smallest absolute Gasteiger partial charge is 0.112 e. The highest BCUT2D eigenvalue weighted by molar-refractivity contribution is 5.40. The molecule has 0 unspecified atom stereocenters. The van der Waals surface area contributed by atoms with Gasteiger partial charge in [-0.2, -0.15) is 0 Å². The molecule has 4 nitrogen and oxygen atoms in total. The molecule has 1 aromatic carbocycles. The van der Waals surface area contributed by atoms with Gasteiger partial charge in [0.1, 0.15) is 5.69 Å². The summed E-state index contributed by atoms with van der Waals surface area (Å²) in [6.07, 6.45) is 0.858. The quantitative estimate of drug-likeness (QED) is 0.899. The first kappa shape index (κ1) is 12.8. The number of para-hydroxylation sites is 1. The van der Waals surface area contributed by atoms with Crippen molar-refractivity contribution < 1.29 is 5.11 Å². The Morgan fingerprint density at radius 1 is 1.28 bits per heavy atom. The first-order valence-electron chi connectivity index (χ1n) is 6.23. The van der Waals surface area contributed by atoms with Crippen LogP contribution in [-0.4, -0.2) is 20.1 Å². The number of aryl methyl sites for hydroxylation is 1. The summed E-state index contributed by atoms with van der Waals surface area (Å²) < 4.78 is 1.85. The fourth-order valence-electron chi connectivity index (χ4n) is 2.04. The van der Waals surface area contributed by atoms with Crippen molar-refractivity contribution in [1.82, 2.24) is 15.0 Å². The highest BCUT2D eigenvalue weighted by Gasteiger charge is 2.15. The number of aromatic nitrogens is 3. The van der Waals surface area contributed by atoms with Crippen molar-refractivity contribution in [3.63, 3.8) is 0 Å². The lowest BCUT2D eigenvalue weighted by molar-refractivity contribution is 0.275. The van der Waals surface area contributed by atoms with Gasteiger partial charge in [-0.1, -0.05) is 37.3 Å². The summed E-state index contributed by atoms with van der Waals surface area (Å²) in [6.45, 7) is 6.29. The summed E-state index contributed by atoms with van der Waals surface area (Å²) in [5.41, 5.74) is 3.85. The van der Waals surface area contributed by atoms with E-state index >= 15 is 0 Å². The maximum atomic E-state index is 9.35. The van der Waals surface area contributed by atoms with Crippen LogP contribution in [0.1, 0.15) is 30.8 Å². The summed E-state index contributed by atoms with van der Waals surface area (Å²) in [7, 11) is 0. The molecule has 1 heterocycles. The van der Waals surface area contributed by atoms with E-state index in [4.69, 9.17) is 0 Å². The molecule has 96 valence electrons. The van der Waals surface area contributed by atoms with Crippen LogP contribution in [0.5, 0.6) is 0 Å². The topological polar surface area (TPSA) is 50.9 Å². The van der Waals surface area contributed by atoms with Gasteiger partial charge in [-0.3, -0.25) is 0 Å². The minimum Gasteiger partial charge on any atom is -0.390 e. The molecule has 2 aromatic rings. The average Bonchev–Trinajstić information content (AvgIpc) is 2.72. The number of nitrogens with zero attached hydrogens (tertiary/aromatic N) is 3. The summed E-state index contributed by atoms with van der Waals surface area (Å²) in [4.78, 5) is 0. The maximum Gasteiger partial charge on any atom is 0.112 e. The Labute approximate surface area is 107 Å². The van der Waals surface area contributed by atoms with Crippen LogP contribution in [0.4, 0.5) is 0 Å². The van der Waals surface area contributed by atoms with Gasteiger partial charge in [0.15, 0.2) is 0 Å². The first-order valence-corrected chi connectivity index (χ1v) is 6.23. The molecule has 0 aliphatic carbocycles. The molecule has 0 amide bonds. The monoisotopic (exact) mass is 245 g/mol. The van der Waals surface area contributed by atoms with Crippen LogP contribution in [0.2, 0.25) is 0 Å². The second-order valence-electron chi connectivity index (χ2n) is 4.94. The zero-order valence-corrected chi connectivity index (χ0v) is 11.1. The van der Waals surface area contributed by atoms with Crippen LogP contribution in [0.25, 0.3) is 5.69 Å². The molecule has 4 heteroatoms. The van der Waals surface area contributed by atoms with E-state index in [-0.39, 0.29) is 6.61 Å². The Morgan fingerprint density at radius 3 is 2.61 bits per heavy atom. The van der Waals surface area contributed by atoms with E-state index in [0.29, 0.717) is 11.6 Å². The van der Waals surface area contributed by atoms with E-state index in [1.807, 2.05) is 22.9 Å². The number of rotatable bonds is 4. The number of aliphatic hydroxyl groups excluding tert-OH is 1. The highest BCUT2D eigenvalue weighted by atomic mass is 16.3. The van der Waals surface area contributed by atoms with E-state index in [1.165, 1.54) is 0 Å². The van der Waals surface area contributed by atoms with E-state index in [2.05, 4.69) is 37.1 Å². The SMILES string of the molecule is Cc1ccccc1-n1nnc(CO)c1CC(C)C. The Balaban J connectivity index is 2.51. The van der Waals surface area contributed by atoms with Crippen LogP contribution >= 0.6 is 0 Å². The van der Waals surface area contributed by atoms with Gasteiger partial charge in [0.2, 0.25) is 0 Å². The number of hydrogen-bond donors (Lipinski definition) is 1. The second-order valence-corrected chi connectivity index (χ2v) is 4.94. The van der Waals surface area contributed by atoms with Crippen molar-refractivity contribution in [3.05, 3.63) is 41.2 Å². The average molecular weight is 245 g/mol. The first-order chi connectivity index (χ1) is 8.63. The summed E-state index contributed by atoms with van der Waals surface area (Å²) in [5.74, 6) is 0.497. The lowest BCUT2D eigenvalue weighted by Gasteiger charge is -2.11. The summed E-state index contributed by atoms with van der Waals surface area (Å²) in [5, 5.41) is 17.6. The van der Waals surface area contributed by atoms with Gasteiger partial charge in [-0.15, -0.1) is 5.10 Å². The molecule has 18 heavy (non-hydrogen) atoms. The second kappa shape index (κ2) is 5.31. The van der Waals surface area contributed by atoms with Gasteiger partial charge in [-0.25, -0.2) is 4.68 Å². The highest BCUT2D eigenvalue weighted by Crippen LogP contribution is 2.19. The van der Waals surface area contributed by atoms with Crippen molar-refractivity contribution in [2.24, 2.45) is 5.92 Å². The Bertz CT molecular complexity index is 532. The standard InChI is InChI=1S/C14H19N3O/c1-10(2)8-14-12(9-18)15-16-17(14)13-7-5-4-6-11(13)3/h4-7,10,18H,8-9H2,1-3H3. The lowest BCUT2D eigenvalue weighted by atomic mass is 10.1. The van der Waals surface area contributed by atoms with Crippen LogP contribution in [0.15, 0.2) is 24.3 Å². The Kier molecular flexibility index (Phi) is 3.77. The molecule has 1 aromatic heterocycles. The number of benzene rings is 1. The number of aliphatic hydroxyl groups is 1. The minimum absolute atomic E-state index is 0.0616. The van der Waals surface area contributed by atoms with Crippen LogP contribution in [0.3, 0.4) is 0 Å². The van der Waals surface area contributed by atoms with E-state index in [0.717, 1.165) is 23.4 Å². The zero-order chi connectivity index (χ0) is 13.1. The molecule has 0 bridgehead atoms. The minimum atomic E-state index is -0.0616. The largest absolute Gasteiger partial charge is 0.390 e. The van der Waals surface area contributed by atoms with Gasteiger partial charge in [-0.05, 0) is 30.9 Å². The zero-order valence-electron chi connectivity index (χ0n) is 11.1. The predicted molar refractivity (Wildman–Crippen MR) is 70.6 cm³/mol. The van der Waals surface area contributed by atoms with Crippen molar-refractivity contribution in [2.75, 3.05) is 0 Å². The predicted octanol–water partition coefficient (Wildman–Crippen LogP) is 2.27. The molecule has 0 spiro atoms. The molecule has 0 radical (unpaired) electrons. The van der Waals surface area contributed by atoms with Gasteiger partial charge >= 0.3 is 0 Å². The van der Waals surface area contributed by atoms with Crippen molar-refractivity contribution in [1.29, 1.82) is 0 Å². The lowest BCUT2D eigenvalue weighted by Crippen LogP contribution is -2.08. The molecule has 1 N–H and O–H groups in total. The van der Waals surface area contributed by atoms with Gasteiger partial charge < -0.3 is 5.11 Å². The third-order valence-corrected chi connectivity index (χ3v) is 2.94. The summed E-state index contributed by atoms with van der Waals surface area (Å²) >= 11 is 0. The molecular formula is C14H19N3O. The summed E-state index contributed by atoms with van der Waals surface area (Å²) in [6, 6.07) is 8.07. The molecule has 0 saturated carbocycles. The molecule has 0 saturated heterocycles. The number of hydrogen-bond acceptors (Lipinski definition) is 3. The van der Waals surface area contributed by atoms with E-state index < -0.39 is 0 Å². The van der Waals surface area contributed by atoms with Crippen molar-refractivity contribution >= 4 is 0 Å². The fraction of sp³-hybridized carbons (Fsp3) is 0.429. The molecular weight excluding hydrogens is 226 g/mol. The van der Waals surface area contributed by atoms with E-state index in [1.54, 1.807) is 0 Å². The van der Waals surface area contributed by atoms with Crippen molar-refractivity contribution in [2.45, 2.75) is 33.8 Å². The van der Waals surface area contributed by atoms with Crippen LogP contribution in [-0.2, 0) is 13.0 Å². The van der Waals surface area contributed by atoms with Gasteiger partial charge in [0, 0.05) is 0 Å². The molecule has 2 rings (SSSR count). The molecule has 0 atom stereocenters. The van der Waals surface area contributed by atoms with Gasteiger partial charge in [0.05, 0.1) is 18.0 Å². The third kappa shape index (κ3) is 2.43.